The number of carbonyl (C=O) groups is 2. The topological polar surface area (TPSA) is 67.7 Å². The average molecular weight is 334 g/mol. The monoisotopic (exact) mass is 334 g/mol. The van der Waals surface area contributed by atoms with E-state index in [0.717, 1.165) is 32.2 Å². The van der Waals surface area contributed by atoms with Crippen LogP contribution in [0.4, 0.5) is 0 Å². The van der Waals surface area contributed by atoms with Crippen LogP contribution in [-0.4, -0.2) is 71.1 Å². The maximum absolute atomic E-state index is 12.9. The quantitative estimate of drug-likeness (QED) is 0.821. The van der Waals surface area contributed by atoms with E-state index in [4.69, 9.17) is 4.74 Å². The Morgan fingerprint density at radius 1 is 1.29 bits per heavy atom. The summed E-state index contributed by atoms with van der Waals surface area (Å²) >= 11 is 0. The number of aromatic nitrogens is 2. The van der Waals surface area contributed by atoms with Gasteiger partial charge >= 0.3 is 0 Å². The molecule has 3 heterocycles. The van der Waals surface area contributed by atoms with E-state index < -0.39 is 0 Å². The van der Waals surface area contributed by atoms with Crippen LogP contribution in [0.1, 0.15) is 36.3 Å². The normalized spacial score (nSPS) is 24.7. The Morgan fingerprint density at radius 2 is 2.08 bits per heavy atom. The van der Waals surface area contributed by atoms with Crippen LogP contribution in [0.15, 0.2) is 12.4 Å². The zero-order valence-corrected chi connectivity index (χ0v) is 14.5. The summed E-state index contributed by atoms with van der Waals surface area (Å²) in [5.41, 5.74) is -0.287. The fourth-order valence-electron chi connectivity index (χ4n) is 3.88. The van der Waals surface area contributed by atoms with E-state index in [9.17, 15) is 9.59 Å². The lowest BCUT2D eigenvalue weighted by molar-refractivity contribution is -0.137. The number of hydrogen-bond acceptors (Lipinski definition) is 4. The molecule has 1 atom stereocenters. The molecule has 0 unspecified atom stereocenters. The van der Waals surface area contributed by atoms with Crippen molar-refractivity contribution < 1.29 is 14.3 Å². The maximum Gasteiger partial charge on any atom is 0.289 e. The van der Waals surface area contributed by atoms with Crippen molar-refractivity contribution in [3.63, 3.8) is 0 Å². The van der Waals surface area contributed by atoms with Gasteiger partial charge in [-0.3, -0.25) is 9.59 Å². The first-order valence-electron chi connectivity index (χ1n) is 8.62. The molecule has 2 saturated heterocycles. The molecule has 0 bridgehead atoms. The summed E-state index contributed by atoms with van der Waals surface area (Å²) in [5, 5.41) is 0. The van der Waals surface area contributed by atoms with Gasteiger partial charge in [-0.15, -0.1) is 0 Å². The van der Waals surface area contributed by atoms with Crippen molar-refractivity contribution in [3.8, 4) is 0 Å². The predicted octanol–water partition coefficient (Wildman–Crippen LogP) is 0.911. The van der Waals surface area contributed by atoms with E-state index in [1.54, 1.807) is 24.1 Å². The minimum Gasteiger partial charge on any atom is -0.383 e. The summed E-state index contributed by atoms with van der Waals surface area (Å²) < 4.78 is 6.84. The number of likely N-dealkylation sites (tertiary alicyclic amines) is 2. The molecule has 24 heavy (non-hydrogen) atoms. The standard InChI is InChI=1S/C17H26N4O3/c1-19-11-7-18-14(19)15(22)20-8-3-4-17(5-9-20)6-10-21(16(17)23)12-13-24-2/h7,11H,3-6,8-10,12-13H2,1-2H3/t17-/m0/s1. The Bertz CT molecular complexity index is 615. The van der Waals surface area contributed by atoms with E-state index >= 15 is 0 Å². The first-order chi connectivity index (χ1) is 11.6. The molecular weight excluding hydrogens is 308 g/mol. The number of ether oxygens (including phenoxy) is 1. The van der Waals surface area contributed by atoms with Crippen molar-refractivity contribution in [2.45, 2.75) is 25.7 Å². The molecular formula is C17H26N4O3. The summed E-state index contributed by atoms with van der Waals surface area (Å²) in [6.07, 6.45) is 6.77. The van der Waals surface area contributed by atoms with Crippen LogP contribution in [0.5, 0.6) is 0 Å². The Hall–Kier alpha value is -1.89. The Balaban J connectivity index is 1.66. The van der Waals surface area contributed by atoms with Crippen molar-refractivity contribution in [2.24, 2.45) is 12.5 Å². The molecule has 2 fully saturated rings. The van der Waals surface area contributed by atoms with Gasteiger partial charge in [-0.1, -0.05) is 0 Å². The summed E-state index contributed by atoms with van der Waals surface area (Å²) in [4.78, 5) is 33.4. The molecule has 0 aromatic carbocycles. The Morgan fingerprint density at radius 3 is 2.79 bits per heavy atom. The predicted molar refractivity (Wildman–Crippen MR) is 88.5 cm³/mol. The third-order valence-electron chi connectivity index (χ3n) is 5.41. The van der Waals surface area contributed by atoms with Crippen LogP contribution in [0.25, 0.3) is 0 Å². The summed E-state index contributed by atoms with van der Waals surface area (Å²) in [5.74, 6) is 0.664. The van der Waals surface area contributed by atoms with Crippen molar-refractivity contribution in [1.29, 1.82) is 0 Å². The Labute approximate surface area is 142 Å². The molecule has 1 aromatic rings. The fraction of sp³-hybridized carbons (Fsp3) is 0.706. The molecule has 3 rings (SSSR count). The fourth-order valence-corrected chi connectivity index (χ4v) is 3.88. The highest BCUT2D eigenvalue weighted by molar-refractivity contribution is 5.91. The van der Waals surface area contributed by atoms with Crippen molar-refractivity contribution in [3.05, 3.63) is 18.2 Å². The second-order valence-electron chi connectivity index (χ2n) is 6.82. The molecule has 0 saturated carbocycles. The van der Waals surface area contributed by atoms with Gasteiger partial charge in [-0.25, -0.2) is 4.98 Å². The number of hydrogen-bond donors (Lipinski definition) is 0. The number of nitrogens with zero attached hydrogens (tertiary/aromatic N) is 4. The zero-order chi connectivity index (χ0) is 17.2. The van der Waals surface area contributed by atoms with Gasteiger partial charge in [-0.2, -0.15) is 0 Å². The maximum atomic E-state index is 12.9. The third kappa shape index (κ3) is 3.05. The number of rotatable bonds is 4. The minimum atomic E-state index is -0.287. The zero-order valence-electron chi connectivity index (χ0n) is 14.5. The van der Waals surface area contributed by atoms with Gasteiger partial charge in [0.05, 0.1) is 12.0 Å². The second-order valence-corrected chi connectivity index (χ2v) is 6.82. The molecule has 1 spiro atoms. The molecule has 2 aliphatic heterocycles. The molecule has 7 heteroatoms. The highest BCUT2D eigenvalue weighted by atomic mass is 16.5. The number of carbonyl (C=O) groups excluding carboxylic acids is 2. The molecule has 0 radical (unpaired) electrons. The molecule has 2 amide bonds. The summed E-state index contributed by atoms with van der Waals surface area (Å²) in [6.45, 7) is 3.35. The number of methoxy groups -OCH3 is 1. The minimum absolute atomic E-state index is 0.0405. The van der Waals surface area contributed by atoms with Gasteiger partial charge in [0.2, 0.25) is 5.91 Å². The number of amides is 2. The van der Waals surface area contributed by atoms with E-state index in [1.165, 1.54) is 0 Å². The van der Waals surface area contributed by atoms with E-state index in [2.05, 4.69) is 4.98 Å². The van der Waals surface area contributed by atoms with E-state index in [1.807, 2.05) is 16.8 Å². The van der Waals surface area contributed by atoms with Gasteiger partial charge in [0.25, 0.3) is 5.91 Å². The molecule has 2 aliphatic rings. The van der Waals surface area contributed by atoms with Gasteiger partial charge in [0.15, 0.2) is 5.82 Å². The highest BCUT2D eigenvalue weighted by Gasteiger charge is 2.47. The molecule has 1 aromatic heterocycles. The van der Waals surface area contributed by atoms with Crippen molar-refractivity contribution in [1.82, 2.24) is 19.4 Å². The van der Waals surface area contributed by atoms with Crippen LogP contribution < -0.4 is 0 Å². The molecule has 0 aliphatic carbocycles. The lowest BCUT2D eigenvalue weighted by Gasteiger charge is -2.26. The SMILES string of the molecule is COCCN1CC[C@@]2(CCCN(C(=O)c3nccn3C)CC2)C1=O. The van der Waals surface area contributed by atoms with Crippen LogP contribution in [0, 0.1) is 5.41 Å². The average Bonchev–Trinajstić information content (AvgIpc) is 3.04. The van der Waals surface area contributed by atoms with E-state index in [-0.39, 0.29) is 17.2 Å². The summed E-state index contributed by atoms with van der Waals surface area (Å²) in [6, 6.07) is 0. The lowest BCUT2D eigenvalue weighted by Crippen LogP contribution is -2.38. The smallest absolute Gasteiger partial charge is 0.289 e. The third-order valence-corrected chi connectivity index (χ3v) is 5.41. The van der Waals surface area contributed by atoms with Gasteiger partial charge in [-0.05, 0) is 25.7 Å². The summed E-state index contributed by atoms with van der Waals surface area (Å²) in [7, 11) is 3.48. The highest BCUT2D eigenvalue weighted by Crippen LogP contribution is 2.41. The molecule has 7 nitrogen and oxygen atoms in total. The second kappa shape index (κ2) is 6.93. The lowest BCUT2D eigenvalue weighted by atomic mass is 9.79. The number of aryl methyl sites for hydroxylation is 1. The van der Waals surface area contributed by atoms with Gasteiger partial charge in [0.1, 0.15) is 0 Å². The van der Waals surface area contributed by atoms with Gasteiger partial charge in [0, 0.05) is 52.7 Å². The van der Waals surface area contributed by atoms with Crippen LogP contribution >= 0.6 is 0 Å². The van der Waals surface area contributed by atoms with Crippen LogP contribution in [-0.2, 0) is 16.6 Å². The largest absolute Gasteiger partial charge is 0.383 e. The first kappa shape index (κ1) is 17.0. The Kier molecular flexibility index (Phi) is 4.89. The van der Waals surface area contributed by atoms with Crippen molar-refractivity contribution in [2.75, 3.05) is 39.9 Å². The van der Waals surface area contributed by atoms with Gasteiger partial charge < -0.3 is 19.1 Å². The van der Waals surface area contributed by atoms with E-state index in [0.29, 0.717) is 32.1 Å². The number of imidazole rings is 1. The van der Waals surface area contributed by atoms with Crippen molar-refractivity contribution >= 4 is 11.8 Å². The molecule has 0 N–H and O–H groups in total. The molecule has 132 valence electrons. The van der Waals surface area contributed by atoms with Crippen LogP contribution in [0.2, 0.25) is 0 Å². The first-order valence-corrected chi connectivity index (χ1v) is 8.62. The van der Waals surface area contributed by atoms with Crippen LogP contribution in [0.3, 0.4) is 0 Å².